The van der Waals surface area contributed by atoms with E-state index in [1.807, 2.05) is 60.7 Å². The molecule has 0 N–H and O–H groups in total. The van der Waals surface area contributed by atoms with E-state index in [2.05, 4.69) is 166 Å². The maximum atomic E-state index is 5.05. The molecule has 0 bridgehead atoms. The van der Waals surface area contributed by atoms with E-state index in [0.717, 1.165) is 22.3 Å². The summed E-state index contributed by atoms with van der Waals surface area (Å²) in [4.78, 5) is 15.0. The maximum absolute atomic E-state index is 5.05. The summed E-state index contributed by atoms with van der Waals surface area (Å²) in [6.45, 7) is 6.81. The van der Waals surface area contributed by atoms with Gasteiger partial charge in [0.1, 0.15) is 0 Å². The van der Waals surface area contributed by atoms with E-state index in [1.54, 1.807) is 0 Å². The van der Waals surface area contributed by atoms with Crippen LogP contribution in [0.1, 0.15) is 48.6 Å². The lowest BCUT2D eigenvalue weighted by Crippen LogP contribution is -2.28. The number of nitrogens with zero attached hydrogens (tertiary/aromatic N) is 3. The Balaban J connectivity index is 1.21. The molecule has 1 aliphatic carbocycles. The summed E-state index contributed by atoms with van der Waals surface area (Å²) in [5.74, 6) is 1.93. The van der Waals surface area contributed by atoms with Crippen molar-refractivity contribution in [1.29, 1.82) is 0 Å². The standard InChI is InChI=1S/C56H43N3/c1-55(2,3)43-34-32-38(33-35-43)46-36-37-49-51(47-26-16-17-27-48(47)56(49,44-22-12-6-13-23-44)45-24-14-7-15-25-45)50(46)39-28-30-42(31-29-39)54-58-52(40-18-8-4-9-19-40)57-53(59-54)41-20-10-5-11-21-41/h4-37H,1-3H3. The van der Waals surface area contributed by atoms with Gasteiger partial charge in [0.15, 0.2) is 17.5 Å². The van der Waals surface area contributed by atoms with E-state index in [9.17, 15) is 0 Å². The average Bonchev–Trinajstić information content (AvgIpc) is 3.61. The molecule has 3 heteroatoms. The molecule has 0 atom stereocenters. The van der Waals surface area contributed by atoms with Crippen molar-refractivity contribution in [2.24, 2.45) is 0 Å². The first-order valence-corrected chi connectivity index (χ1v) is 20.4. The summed E-state index contributed by atoms with van der Waals surface area (Å²) in [6, 6.07) is 74.1. The second kappa shape index (κ2) is 14.6. The smallest absolute Gasteiger partial charge is 0.164 e. The minimum atomic E-state index is -0.510. The summed E-state index contributed by atoms with van der Waals surface area (Å²) in [7, 11) is 0. The van der Waals surface area contributed by atoms with Crippen molar-refractivity contribution >= 4 is 0 Å². The predicted octanol–water partition coefficient (Wildman–Crippen LogP) is 13.9. The third-order valence-corrected chi connectivity index (χ3v) is 11.8. The van der Waals surface area contributed by atoms with Gasteiger partial charge < -0.3 is 0 Å². The van der Waals surface area contributed by atoms with Gasteiger partial charge in [-0.1, -0.05) is 227 Å². The minimum absolute atomic E-state index is 0.0504. The number of hydrogen-bond donors (Lipinski definition) is 0. The van der Waals surface area contributed by atoms with Crippen LogP contribution in [-0.4, -0.2) is 15.0 Å². The van der Waals surface area contributed by atoms with Gasteiger partial charge >= 0.3 is 0 Å². The fourth-order valence-electron chi connectivity index (χ4n) is 8.95. The lowest BCUT2D eigenvalue weighted by Gasteiger charge is -2.34. The zero-order chi connectivity index (χ0) is 40.0. The molecule has 0 saturated carbocycles. The Morgan fingerprint density at radius 2 is 0.746 bits per heavy atom. The van der Waals surface area contributed by atoms with Crippen LogP contribution in [0, 0.1) is 0 Å². The molecule has 0 spiro atoms. The highest BCUT2D eigenvalue weighted by Gasteiger charge is 2.47. The summed E-state index contributed by atoms with van der Waals surface area (Å²) >= 11 is 0. The van der Waals surface area contributed by atoms with Gasteiger partial charge in [0, 0.05) is 16.7 Å². The maximum Gasteiger partial charge on any atom is 0.164 e. The zero-order valence-corrected chi connectivity index (χ0v) is 33.5. The molecule has 1 heterocycles. The van der Waals surface area contributed by atoms with E-state index >= 15 is 0 Å². The molecule has 3 nitrogen and oxygen atoms in total. The number of aromatic nitrogens is 3. The fraction of sp³-hybridized carbons (Fsp3) is 0.0893. The van der Waals surface area contributed by atoms with Gasteiger partial charge in [0.05, 0.1) is 5.41 Å². The van der Waals surface area contributed by atoms with Crippen LogP contribution in [0.3, 0.4) is 0 Å². The highest BCUT2D eigenvalue weighted by Crippen LogP contribution is 2.59. The molecular formula is C56H43N3. The highest BCUT2D eigenvalue weighted by molar-refractivity contribution is 6.02. The van der Waals surface area contributed by atoms with Gasteiger partial charge in [-0.05, 0) is 66.6 Å². The molecule has 0 fully saturated rings. The Kier molecular flexibility index (Phi) is 8.95. The molecule has 10 rings (SSSR count). The van der Waals surface area contributed by atoms with Crippen molar-refractivity contribution in [3.8, 4) is 67.5 Å². The molecule has 0 aliphatic heterocycles. The number of benzene rings is 8. The van der Waals surface area contributed by atoms with Gasteiger partial charge in [0.2, 0.25) is 0 Å². The number of fused-ring (bicyclic) bond motifs is 3. The molecule has 9 aromatic rings. The minimum Gasteiger partial charge on any atom is -0.208 e. The first kappa shape index (κ1) is 36.1. The van der Waals surface area contributed by atoms with Crippen molar-refractivity contribution in [1.82, 2.24) is 15.0 Å². The summed E-state index contributed by atoms with van der Waals surface area (Å²) < 4.78 is 0. The molecule has 8 aromatic carbocycles. The SMILES string of the molecule is CC(C)(C)c1ccc(-c2ccc3c(c2-c2ccc(-c4nc(-c5ccccc5)nc(-c5ccccc5)n4)cc2)-c2ccccc2C3(c2ccccc2)c2ccccc2)cc1. The first-order valence-electron chi connectivity index (χ1n) is 20.4. The van der Waals surface area contributed by atoms with Crippen LogP contribution >= 0.6 is 0 Å². The van der Waals surface area contributed by atoms with Gasteiger partial charge in [-0.25, -0.2) is 15.0 Å². The lowest BCUT2D eigenvalue weighted by atomic mass is 9.67. The van der Waals surface area contributed by atoms with Crippen LogP contribution < -0.4 is 0 Å². The number of hydrogen-bond acceptors (Lipinski definition) is 3. The molecule has 0 saturated heterocycles. The van der Waals surface area contributed by atoms with Crippen LogP contribution in [0.2, 0.25) is 0 Å². The van der Waals surface area contributed by atoms with Crippen molar-refractivity contribution in [2.45, 2.75) is 31.6 Å². The summed E-state index contributed by atoms with van der Waals surface area (Å²) in [5.41, 5.74) is 16.0. The first-order chi connectivity index (χ1) is 28.9. The van der Waals surface area contributed by atoms with Gasteiger partial charge in [-0.15, -0.1) is 0 Å². The van der Waals surface area contributed by atoms with Crippen LogP contribution in [0.25, 0.3) is 67.5 Å². The Labute approximate surface area is 346 Å². The number of rotatable bonds is 7. The topological polar surface area (TPSA) is 38.7 Å². The molecule has 282 valence electrons. The van der Waals surface area contributed by atoms with Gasteiger partial charge in [-0.3, -0.25) is 0 Å². The third kappa shape index (κ3) is 6.27. The van der Waals surface area contributed by atoms with Crippen molar-refractivity contribution in [2.75, 3.05) is 0 Å². The van der Waals surface area contributed by atoms with Crippen molar-refractivity contribution in [3.05, 3.63) is 234 Å². The molecule has 1 aliphatic rings. The molecular weight excluding hydrogens is 715 g/mol. The van der Waals surface area contributed by atoms with E-state index in [1.165, 1.54) is 55.6 Å². The molecule has 0 unspecified atom stereocenters. The Morgan fingerprint density at radius 3 is 1.25 bits per heavy atom. The van der Waals surface area contributed by atoms with E-state index in [4.69, 9.17) is 15.0 Å². The monoisotopic (exact) mass is 757 g/mol. The molecule has 1 aromatic heterocycles. The van der Waals surface area contributed by atoms with E-state index in [0.29, 0.717) is 17.5 Å². The van der Waals surface area contributed by atoms with Crippen LogP contribution in [-0.2, 0) is 10.8 Å². The van der Waals surface area contributed by atoms with Crippen molar-refractivity contribution in [3.63, 3.8) is 0 Å². The average molecular weight is 758 g/mol. The van der Waals surface area contributed by atoms with E-state index in [-0.39, 0.29) is 5.41 Å². The molecule has 0 amide bonds. The van der Waals surface area contributed by atoms with Gasteiger partial charge in [-0.2, -0.15) is 0 Å². The predicted molar refractivity (Wildman–Crippen MR) is 243 cm³/mol. The van der Waals surface area contributed by atoms with E-state index < -0.39 is 5.41 Å². The summed E-state index contributed by atoms with van der Waals surface area (Å²) in [6.07, 6.45) is 0. The largest absolute Gasteiger partial charge is 0.208 e. The Hall–Kier alpha value is -7.23. The Morgan fingerprint density at radius 1 is 0.322 bits per heavy atom. The van der Waals surface area contributed by atoms with Gasteiger partial charge in [0.25, 0.3) is 0 Å². The van der Waals surface area contributed by atoms with Crippen LogP contribution in [0.15, 0.2) is 206 Å². The quantitative estimate of drug-likeness (QED) is 0.162. The van der Waals surface area contributed by atoms with Crippen molar-refractivity contribution < 1.29 is 0 Å². The second-order valence-corrected chi connectivity index (χ2v) is 16.4. The van der Waals surface area contributed by atoms with Crippen LogP contribution in [0.5, 0.6) is 0 Å². The molecule has 0 radical (unpaired) electrons. The Bertz CT molecular complexity index is 2820. The normalized spacial score (nSPS) is 12.8. The highest BCUT2D eigenvalue weighted by atomic mass is 15.0. The third-order valence-electron chi connectivity index (χ3n) is 11.8. The summed E-state index contributed by atoms with van der Waals surface area (Å²) in [5, 5.41) is 0. The van der Waals surface area contributed by atoms with Crippen LogP contribution in [0.4, 0.5) is 0 Å². The molecule has 59 heavy (non-hydrogen) atoms. The second-order valence-electron chi connectivity index (χ2n) is 16.4. The lowest BCUT2D eigenvalue weighted by molar-refractivity contribution is 0.590. The fourth-order valence-corrected chi connectivity index (χ4v) is 8.95. The zero-order valence-electron chi connectivity index (χ0n) is 33.5.